The predicted octanol–water partition coefficient (Wildman–Crippen LogP) is 6.51. The number of halogens is 1. The van der Waals surface area contributed by atoms with E-state index in [1.54, 1.807) is 38.4 Å². The zero-order valence-corrected chi connectivity index (χ0v) is 21.3. The first kappa shape index (κ1) is 25.3. The minimum Gasteiger partial charge on any atom is -0.478 e. The number of rotatable bonds is 8. The van der Waals surface area contributed by atoms with Gasteiger partial charge in [0, 0.05) is 30.0 Å². The van der Waals surface area contributed by atoms with E-state index in [1.807, 2.05) is 51.1 Å². The van der Waals surface area contributed by atoms with Crippen LogP contribution in [0.4, 0.5) is 4.39 Å². The van der Waals surface area contributed by atoms with Gasteiger partial charge in [-0.25, -0.2) is 14.2 Å². The molecular formula is C30H31FN2O3. The van der Waals surface area contributed by atoms with Gasteiger partial charge < -0.3 is 9.47 Å². The highest BCUT2D eigenvalue weighted by Crippen LogP contribution is 2.44. The lowest BCUT2D eigenvalue weighted by Crippen LogP contribution is -2.37. The first-order chi connectivity index (χ1) is 17.1. The van der Waals surface area contributed by atoms with Gasteiger partial charge in [-0.15, -0.1) is 0 Å². The lowest BCUT2D eigenvalue weighted by atomic mass is 9.78. The summed E-state index contributed by atoms with van der Waals surface area (Å²) in [5, 5.41) is 0. The first-order valence-corrected chi connectivity index (χ1v) is 12.0. The van der Waals surface area contributed by atoms with Crippen molar-refractivity contribution in [1.82, 2.24) is 9.97 Å². The Labute approximate surface area is 211 Å². The Bertz CT molecular complexity index is 1330. The first-order valence-electron chi connectivity index (χ1n) is 12.0. The summed E-state index contributed by atoms with van der Waals surface area (Å²) >= 11 is 0. The topological polar surface area (TPSA) is 61.3 Å². The van der Waals surface area contributed by atoms with Gasteiger partial charge in [-0.2, -0.15) is 0 Å². The van der Waals surface area contributed by atoms with E-state index in [-0.39, 0.29) is 11.7 Å². The van der Waals surface area contributed by atoms with Gasteiger partial charge in [-0.1, -0.05) is 30.9 Å². The number of esters is 1. The number of ether oxygens (including phenoxy) is 2. The Balaban J connectivity index is 1.86. The maximum atomic E-state index is 14.6. The Kier molecular flexibility index (Phi) is 7.07. The number of aromatic nitrogens is 2. The number of aryl methyl sites for hydroxylation is 1. The fraction of sp³-hybridized carbons (Fsp3) is 0.300. The van der Waals surface area contributed by atoms with E-state index in [1.165, 1.54) is 0 Å². The smallest absolute Gasteiger partial charge is 0.333 e. The Morgan fingerprint density at radius 2 is 1.97 bits per heavy atom. The number of hydrogen-bond acceptors (Lipinski definition) is 5. The molecule has 0 saturated heterocycles. The van der Waals surface area contributed by atoms with Crippen LogP contribution in [-0.2, 0) is 9.53 Å². The molecule has 0 saturated carbocycles. The van der Waals surface area contributed by atoms with Crippen LogP contribution in [0.25, 0.3) is 6.08 Å². The van der Waals surface area contributed by atoms with Crippen LogP contribution >= 0.6 is 0 Å². The van der Waals surface area contributed by atoms with Crippen molar-refractivity contribution >= 4 is 12.0 Å². The molecule has 0 radical (unpaired) electrons. The molecule has 4 rings (SSSR count). The lowest BCUT2D eigenvalue weighted by molar-refractivity contribution is -0.152. The number of carbonyl (C=O) groups is 1. The van der Waals surface area contributed by atoms with Gasteiger partial charge in [0.1, 0.15) is 11.4 Å². The number of nitrogens with zero attached hydrogens (tertiary/aromatic N) is 2. The fourth-order valence-electron chi connectivity index (χ4n) is 4.71. The summed E-state index contributed by atoms with van der Waals surface area (Å²) in [7, 11) is 0. The number of pyridine rings is 2. The van der Waals surface area contributed by atoms with Crippen LogP contribution in [0.15, 0.2) is 67.0 Å². The van der Waals surface area contributed by atoms with E-state index < -0.39 is 17.5 Å². The molecule has 0 amide bonds. The lowest BCUT2D eigenvalue weighted by Gasteiger charge is -2.35. The second kappa shape index (κ2) is 10.1. The van der Waals surface area contributed by atoms with Crippen molar-refractivity contribution < 1.29 is 18.7 Å². The second-order valence-electron chi connectivity index (χ2n) is 9.61. The summed E-state index contributed by atoms with van der Waals surface area (Å²) in [6, 6.07) is 11.0. The third-order valence-electron chi connectivity index (χ3n) is 6.43. The molecule has 36 heavy (non-hydrogen) atoms. The van der Waals surface area contributed by atoms with Gasteiger partial charge >= 0.3 is 5.97 Å². The second-order valence-corrected chi connectivity index (χ2v) is 9.61. The average molecular weight is 487 g/mol. The van der Waals surface area contributed by atoms with E-state index in [0.29, 0.717) is 23.6 Å². The van der Waals surface area contributed by atoms with Crippen LogP contribution < -0.4 is 4.74 Å². The summed E-state index contributed by atoms with van der Waals surface area (Å²) in [5.41, 5.74) is 4.24. The molecule has 186 valence electrons. The largest absolute Gasteiger partial charge is 0.478 e. The minimum absolute atomic E-state index is 0.190. The number of fused-ring (bicyclic) bond motifs is 1. The quantitative estimate of drug-likeness (QED) is 0.268. The van der Waals surface area contributed by atoms with E-state index >= 15 is 0 Å². The number of carbonyl (C=O) groups excluding carboxylic acids is 1. The zero-order valence-electron chi connectivity index (χ0n) is 21.3. The predicted molar refractivity (Wildman–Crippen MR) is 138 cm³/mol. The Morgan fingerprint density at radius 3 is 2.64 bits per heavy atom. The normalized spacial score (nSPS) is 15.3. The maximum absolute atomic E-state index is 14.6. The van der Waals surface area contributed by atoms with Gasteiger partial charge in [0.05, 0.1) is 18.2 Å². The highest BCUT2D eigenvalue weighted by molar-refractivity contribution is 5.87. The van der Waals surface area contributed by atoms with Crippen molar-refractivity contribution in [3.63, 3.8) is 0 Å². The zero-order chi connectivity index (χ0) is 26.0. The summed E-state index contributed by atoms with van der Waals surface area (Å²) in [6.45, 7) is 13.2. The van der Waals surface area contributed by atoms with Crippen LogP contribution in [0.5, 0.6) is 5.88 Å². The van der Waals surface area contributed by atoms with Crippen molar-refractivity contribution in [2.45, 2.75) is 52.1 Å². The molecule has 0 spiro atoms. The minimum atomic E-state index is -1.00. The monoisotopic (exact) mass is 486 g/mol. The van der Waals surface area contributed by atoms with Crippen molar-refractivity contribution in [2.24, 2.45) is 0 Å². The van der Waals surface area contributed by atoms with Crippen molar-refractivity contribution in [2.75, 3.05) is 6.61 Å². The summed E-state index contributed by atoms with van der Waals surface area (Å²) in [6.07, 6.45) is 7.53. The summed E-state index contributed by atoms with van der Waals surface area (Å²) < 4.78 is 26.0. The van der Waals surface area contributed by atoms with Gasteiger partial charge in [-0.05, 0) is 80.6 Å². The molecule has 0 N–H and O–H groups in total. The standard InChI is InChI=1S/C30H31FN2O3/c1-7-35-26-13-11-21(17-33-26)27(30(5,6)36-29(34)18(2)3)28-23(9-8-14-32-28)22-12-10-20-15-19(4)25(31)16-24(20)22/h8-17,22,27H,2,7H2,1,3-6H3. The van der Waals surface area contributed by atoms with Crippen LogP contribution in [0.2, 0.25) is 0 Å². The van der Waals surface area contributed by atoms with Gasteiger partial charge in [0.2, 0.25) is 5.88 Å². The molecule has 0 bridgehead atoms. The van der Waals surface area contributed by atoms with Gasteiger partial charge in [0.15, 0.2) is 0 Å². The number of benzene rings is 1. The molecule has 2 heterocycles. The highest BCUT2D eigenvalue weighted by Gasteiger charge is 2.40. The van der Waals surface area contributed by atoms with E-state index in [2.05, 4.69) is 17.6 Å². The molecule has 5 nitrogen and oxygen atoms in total. The van der Waals surface area contributed by atoms with Gasteiger partial charge in [0.25, 0.3) is 0 Å². The molecule has 0 fully saturated rings. The average Bonchev–Trinajstić information content (AvgIpc) is 3.23. The van der Waals surface area contributed by atoms with Crippen LogP contribution in [-0.4, -0.2) is 28.1 Å². The van der Waals surface area contributed by atoms with Gasteiger partial charge in [-0.3, -0.25) is 4.98 Å². The molecule has 6 heteroatoms. The molecule has 2 atom stereocenters. The third kappa shape index (κ3) is 4.94. The third-order valence-corrected chi connectivity index (χ3v) is 6.43. The van der Waals surface area contributed by atoms with Crippen LogP contribution in [0.1, 0.15) is 73.0 Å². The van der Waals surface area contributed by atoms with Crippen LogP contribution in [0.3, 0.4) is 0 Å². The highest BCUT2D eigenvalue weighted by atomic mass is 19.1. The molecule has 2 unspecified atom stereocenters. The van der Waals surface area contributed by atoms with Crippen molar-refractivity contribution in [3.8, 4) is 5.88 Å². The SMILES string of the molecule is C=C(C)C(=O)OC(C)(C)C(c1ccc(OCC)nc1)c1ncccc1C1C=Cc2cc(C)c(F)cc21. The van der Waals surface area contributed by atoms with Crippen LogP contribution in [0, 0.1) is 12.7 Å². The fourth-order valence-corrected chi connectivity index (χ4v) is 4.71. The molecule has 1 aliphatic rings. The maximum Gasteiger partial charge on any atom is 0.333 e. The molecule has 2 aromatic heterocycles. The molecular weight excluding hydrogens is 455 g/mol. The van der Waals surface area contributed by atoms with E-state index in [9.17, 15) is 9.18 Å². The molecule has 1 aliphatic carbocycles. The molecule has 3 aromatic rings. The Morgan fingerprint density at radius 1 is 1.19 bits per heavy atom. The number of allylic oxidation sites excluding steroid dienone is 1. The molecule has 0 aliphatic heterocycles. The van der Waals surface area contributed by atoms with E-state index in [4.69, 9.17) is 14.5 Å². The summed E-state index contributed by atoms with van der Waals surface area (Å²) in [4.78, 5) is 21.9. The molecule has 1 aromatic carbocycles. The summed E-state index contributed by atoms with van der Waals surface area (Å²) in [5.74, 6) is -0.866. The number of hydrogen-bond donors (Lipinski definition) is 0. The van der Waals surface area contributed by atoms with E-state index in [0.717, 1.165) is 27.9 Å². The van der Waals surface area contributed by atoms with Crippen molar-refractivity contribution in [3.05, 3.63) is 106 Å². The Hall–Kier alpha value is -3.80. The van der Waals surface area contributed by atoms with Crippen molar-refractivity contribution in [1.29, 1.82) is 0 Å².